The van der Waals surface area contributed by atoms with Gasteiger partial charge >= 0.3 is 0 Å². The number of ether oxygens (including phenoxy) is 2. The molecule has 0 radical (unpaired) electrons. The van der Waals surface area contributed by atoms with Crippen molar-refractivity contribution in [3.05, 3.63) is 41.7 Å². The van der Waals surface area contributed by atoms with Gasteiger partial charge in [0.1, 0.15) is 11.8 Å². The van der Waals surface area contributed by atoms with Gasteiger partial charge in [0.15, 0.2) is 17.2 Å². The minimum atomic E-state index is 0.312. The van der Waals surface area contributed by atoms with E-state index in [1.807, 2.05) is 0 Å². The molecule has 2 N–H and O–H groups in total. The van der Waals surface area contributed by atoms with Crippen molar-refractivity contribution in [1.82, 2.24) is 14.6 Å². The number of methoxy groups -OCH3 is 2. The Hall–Kier alpha value is -3.82. The molecule has 2 heterocycles. The second-order valence-electron chi connectivity index (χ2n) is 5.54. The normalized spacial score (nSPS) is 10.2. The Morgan fingerprint density at radius 2 is 2.00 bits per heavy atom. The molecule has 9 nitrogen and oxygen atoms in total. The summed E-state index contributed by atoms with van der Waals surface area (Å²) in [5.74, 6) is 1.03. The van der Waals surface area contributed by atoms with Gasteiger partial charge in [-0.1, -0.05) is 0 Å². The topological polar surface area (TPSA) is 120 Å². The second-order valence-corrected chi connectivity index (χ2v) is 5.54. The molecule has 0 aliphatic rings. The van der Waals surface area contributed by atoms with E-state index in [0.717, 1.165) is 0 Å². The summed E-state index contributed by atoms with van der Waals surface area (Å²) in [5.41, 5.74) is 2.65. The lowest BCUT2D eigenvalue weighted by Crippen LogP contribution is -2.10. The zero-order valence-corrected chi connectivity index (χ0v) is 14.9. The van der Waals surface area contributed by atoms with Crippen molar-refractivity contribution in [3.63, 3.8) is 0 Å². The highest BCUT2D eigenvalue weighted by atomic mass is 16.5. The first-order valence-electron chi connectivity index (χ1n) is 8.06. The van der Waals surface area contributed by atoms with Crippen molar-refractivity contribution in [2.45, 2.75) is 0 Å². The van der Waals surface area contributed by atoms with E-state index in [1.165, 1.54) is 17.8 Å². The first-order valence-corrected chi connectivity index (χ1v) is 8.06. The highest BCUT2D eigenvalue weighted by molar-refractivity contribution is 5.73. The predicted octanol–water partition coefficient (Wildman–Crippen LogP) is 2.28. The predicted molar refractivity (Wildman–Crippen MR) is 99.1 cm³/mol. The smallest absolute Gasteiger partial charge is 0.178 e. The maximum absolute atomic E-state index is 9.28. The Kier molecular flexibility index (Phi) is 5.36. The molecule has 0 atom stereocenters. The number of fused-ring (bicyclic) bond motifs is 1. The van der Waals surface area contributed by atoms with Crippen molar-refractivity contribution < 1.29 is 9.47 Å². The fourth-order valence-corrected chi connectivity index (χ4v) is 2.53. The number of nitriles is 2. The molecule has 0 spiro atoms. The van der Waals surface area contributed by atoms with Crippen molar-refractivity contribution in [3.8, 4) is 17.9 Å². The van der Waals surface area contributed by atoms with Crippen LogP contribution in [-0.2, 0) is 4.74 Å². The summed E-state index contributed by atoms with van der Waals surface area (Å²) in [5, 5.41) is 29.3. The molecule has 0 fully saturated rings. The van der Waals surface area contributed by atoms with Crippen LogP contribution in [0.15, 0.2) is 30.5 Å². The van der Waals surface area contributed by atoms with E-state index >= 15 is 0 Å². The van der Waals surface area contributed by atoms with Crippen LogP contribution in [0.4, 0.5) is 17.2 Å². The van der Waals surface area contributed by atoms with Gasteiger partial charge in [0, 0.05) is 31.5 Å². The van der Waals surface area contributed by atoms with E-state index in [1.54, 1.807) is 31.4 Å². The molecule has 9 heteroatoms. The summed E-state index contributed by atoms with van der Waals surface area (Å²) in [4.78, 5) is 4.25. The molecule has 27 heavy (non-hydrogen) atoms. The first kappa shape index (κ1) is 18.0. The molecule has 3 rings (SSSR count). The van der Waals surface area contributed by atoms with E-state index in [9.17, 15) is 10.5 Å². The molecule has 0 aliphatic heterocycles. The molecule has 2 aromatic heterocycles. The molecule has 3 aromatic rings. The van der Waals surface area contributed by atoms with Crippen molar-refractivity contribution in [2.75, 3.05) is 38.0 Å². The minimum absolute atomic E-state index is 0.312. The maximum atomic E-state index is 9.28. The lowest BCUT2D eigenvalue weighted by Gasteiger charge is -2.12. The average molecular weight is 363 g/mol. The largest absolute Gasteiger partial charge is 0.497 e. The van der Waals surface area contributed by atoms with Gasteiger partial charge in [0.05, 0.1) is 37.2 Å². The highest BCUT2D eigenvalue weighted by Gasteiger charge is 2.12. The lowest BCUT2D eigenvalue weighted by atomic mass is 10.2. The Balaban J connectivity index is 2.01. The Bertz CT molecular complexity index is 1050. The van der Waals surface area contributed by atoms with Gasteiger partial charge in [-0.05, 0) is 12.1 Å². The van der Waals surface area contributed by atoms with E-state index in [-0.39, 0.29) is 0 Å². The number of benzene rings is 1. The van der Waals surface area contributed by atoms with E-state index in [0.29, 0.717) is 53.0 Å². The van der Waals surface area contributed by atoms with Crippen molar-refractivity contribution >= 4 is 22.8 Å². The lowest BCUT2D eigenvalue weighted by molar-refractivity contribution is 0.211. The number of anilines is 3. The molecule has 1 aromatic carbocycles. The van der Waals surface area contributed by atoms with Crippen LogP contribution < -0.4 is 15.4 Å². The summed E-state index contributed by atoms with van der Waals surface area (Å²) in [6.07, 6.45) is 1.47. The van der Waals surface area contributed by atoms with E-state index < -0.39 is 0 Å². The molecule has 0 unspecified atom stereocenters. The van der Waals surface area contributed by atoms with Crippen molar-refractivity contribution in [2.24, 2.45) is 0 Å². The fourth-order valence-electron chi connectivity index (χ4n) is 2.53. The summed E-state index contributed by atoms with van der Waals surface area (Å²) < 4.78 is 11.7. The third-order valence-corrected chi connectivity index (χ3v) is 3.75. The molecule has 136 valence electrons. The van der Waals surface area contributed by atoms with Crippen LogP contribution in [0.1, 0.15) is 11.3 Å². The van der Waals surface area contributed by atoms with Crippen LogP contribution in [-0.4, -0.2) is 42.0 Å². The fraction of sp³-hybridized carbons (Fsp3) is 0.222. The number of imidazole rings is 1. The van der Waals surface area contributed by atoms with Gasteiger partial charge in [-0.25, -0.2) is 4.98 Å². The van der Waals surface area contributed by atoms with Crippen molar-refractivity contribution in [1.29, 1.82) is 10.5 Å². The van der Waals surface area contributed by atoms with Crippen LogP contribution >= 0.6 is 0 Å². The summed E-state index contributed by atoms with van der Waals surface area (Å²) >= 11 is 0. The number of hydrogen-bond acceptors (Lipinski definition) is 8. The van der Waals surface area contributed by atoms with Gasteiger partial charge in [0.2, 0.25) is 0 Å². The summed E-state index contributed by atoms with van der Waals surface area (Å²) in [6, 6.07) is 11.0. The minimum Gasteiger partial charge on any atom is -0.497 e. The van der Waals surface area contributed by atoms with Gasteiger partial charge in [-0.3, -0.25) is 0 Å². The Morgan fingerprint density at radius 3 is 2.70 bits per heavy atom. The molecular formula is C18H17N7O2. The Labute approximate surface area is 155 Å². The van der Waals surface area contributed by atoms with Crippen LogP contribution in [0.25, 0.3) is 5.65 Å². The third kappa shape index (κ3) is 3.89. The van der Waals surface area contributed by atoms with Gasteiger partial charge in [-0.2, -0.15) is 15.0 Å². The maximum Gasteiger partial charge on any atom is 0.178 e. The van der Waals surface area contributed by atoms with E-state index in [4.69, 9.17) is 9.47 Å². The average Bonchev–Trinajstić information content (AvgIpc) is 3.11. The monoisotopic (exact) mass is 363 g/mol. The molecule has 0 aliphatic carbocycles. The first-order chi connectivity index (χ1) is 13.2. The number of hydrogen-bond donors (Lipinski definition) is 2. The SMILES string of the molecule is COCCNc1cc(Nc2cc(C#N)cc(OC)c2)nn2c(C#N)cnc12. The standard InChI is InChI=1S/C18H17N7O2/c1-26-4-3-21-16-8-17(24-25-14(10-20)11-22-18(16)25)23-13-5-12(9-19)6-15(7-13)27-2/h5-8,11,21H,3-4H2,1-2H3,(H,23,24). The third-order valence-electron chi connectivity index (χ3n) is 3.75. The van der Waals surface area contributed by atoms with Gasteiger partial charge < -0.3 is 20.1 Å². The number of rotatable bonds is 7. The highest BCUT2D eigenvalue weighted by Crippen LogP contribution is 2.26. The number of aromatic nitrogens is 3. The molecule has 0 amide bonds. The van der Waals surface area contributed by atoms with Crippen LogP contribution in [0.5, 0.6) is 5.75 Å². The molecule has 0 saturated carbocycles. The van der Waals surface area contributed by atoms with Gasteiger partial charge in [-0.15, -0.1) is 5.10 Å². The Morgan fingerprint density at radius 1 is 1.15 bits per heavy atom. The quantitative estimate of drug-likeness (QED) is 0.613. The van der Waals surface area contributed by atoms with Crippen LogP contribution in [0.3, 0.4) is 0 Å². The van der Waals surface area contributed by atoms with Gasteiger partial charge in [0.25, 0.3) is 0 Å². The summed E-state index contributed by atoms with van der Waals surface area (Å²) in [6.45, 7) is 1.09. The summed E-state index contributed by atoms with van der Waals surface area (Å²) in [7, 11) is 3.16. The second kappa shape index (κ2) is 8.04. The van der Waals surface area contributed by atoms with E-state index in [2.05, 4.69) is 32.9 Å². The molecule has 0 bridgehead atoms. The zero-order valence-electron chi connectivity index (χ0n) is 14.9. The molecular weight excluding hydrogens is 346 g/mol. The number of nitrogens with one attached hydrogen (secondary N) is 2. The van der Waals surface area contributed by atoms with Crippen LogP contribution in [0.2, 0.25) is 0 Å². The number of nitrogens with zero attached hydrogens (tertiary/aromatic N) is 5. The van der Waals surface area contributed by atoms with Crippen LogP contribution in [0, 0.1) is 22.7 Å². The zero-order chi connectivity index (χ0) is 19.2. The molecule has 0 saturated heterocycles.